The van der Waals surface area contributed by atoms with E-state index in [2.05, 4.69) is 5.32 Å². The van der Waals surface area contributed by atoms with E-state index in [9.17, 15) is 22.8 Å². The molecule has 0 spiro atoms. The Morgan fingerprint density at radius 3 is 2.33 bits per heavy atom. The van der Waals surface area contributed by atoms with Gasteiger partial charge >= 0.3 is 6.18 Å². The zero-order chi connectivity index (χ0) is 20.2. The standard InChI is InChI=1S/C20H21F3N2O2/c1-13-8-9-17(14(2)12-13)24-19(27)10-11-25(15(3)26)18-7-5-4-6-16(18)20(21,22)23/h4-9,12H,10-11H2,1-3H3,(H,24,27). The summed E-state index contributed by atoms with van der Waals surface area (Å²) in [5, 5.41) is 2.73. The molecule has 0 aromatic heterocycles. The molecule has 0 saturated carbocycles. The molecule has 0 atom stereocenters. The van der Waals surface area contributed by atoms with Crippen LogP contribution in [0.4, 0.5) is 24.5 Å². The molecule has 2 aromatic rings. The van der Waals surface area contributed by atoms with E-state index in [-0.39, 0.29) is 24.6 Å². The molecule has 0 saturated heterocycles. The SMILES string of the molecule is CC(=O)N(CCC(=O)Nc1ccc(C)cc1C)c1ccccc1C(F)(F)F. The lowest BCUT2D eigenvalue weighted by atomic mass is 10.1. The van der Waals surface area contributed by atoms with Crippen molar-refractivity contribution in [3.63, 3.8) is 0 Å². The zero-order valence-electron chi connectivity index (χ0n) is 15.4. The van der Waals surface area contributed by atoms with Crippen molar-refractivity contribution in [2.24, 2.45) is 0 Å². The average Bonchev–Trinajstić information content (AvgIpc) is 2.57. The molecular formula is C20H21F3N2O2. The first-order valence-electron chi connectivity index (χ1n) is 8.41. The topological polar surface area (TPSA) is 49.4 Å². The molecule has 0 unspecified atom stereocenters. The number of benzene rings is 2. The Labute approximate surface area is 156 Å². The second-order valence-electron chi connectivity index (χ2n) is 6.30. The minimum atomic E-state index is -4.59. The van der Waals surface area contributed by atoms with E-state index in [0.29, 0.717) is 5.69 Å². The van der Waals surface area contributed by atoms with Crippen LogP contribution in [0.5, 0.6) is 0 Å². The Morgan fingerprint density at radius 2 is 1.74 bits per heavy atom. The molecule has 0 bridgehead atoms. The third kappa shape index (κ3) is 5.32. The molecule has 2 aromatic carbocycles. The minimum Gasteiger partial charge on any atom is -0.326 e. The highest BCUT2D eigenvalue weighted by atomic mass is 19.4. The summed E-state index contributed by atoms with van der Waals surface area (Å²) in [6.45, 7) is 4.81. The fourth-order valence-corrected chi connectivity index (χ4v) is 2.78. The molecule has 1 N–H and O–H groups in total. The number of hydrogen-bond acceptors (Lipinski definition) is 2. The van der Waals surface area contributed by atoms with Crippen LogP contribution in [0.25, 0.3) is 0 Å². The molecule has 0 aliphatic carbocycles. The second-order valence-corrected chi connectivity index (χ2v) is 6.30. The summed E-state index contributed by atoms with van der Waals surface area (Å²) >= 11 is 0. The quantitative estimate of drug-likeness (QED) is 0.820. The Balaban J connectivity index is 2.14. The van der Waals surface area contributed by atoms with Gasteiger partial charge in [-0.05, 0) is 37.6 Å². The van der Waals surface area contributed by atoms with Gasteiger partial charge in [0.15, 0.2) is 0 Å². The summed E-state index contributed by atoms with van der Waals surface area (Å²) in [5.41, 5.74) is 1.41. The van der Waals surface area contributed by atoms with Gasteiger partial charge in [0.2, 0.25) is 11.8 Å². The Hall–Kier alpha value is -2.83. The van der Waals surface area contributed by atoms with E-state index < -0.39 is 17.6 Å². The van der Waals surface area contributed by atoms with Crippen LogP contribution in [0.2, 0.25) is 0 Å². The van der Waals surface area contributed by atoms with Crippen molar-refractivity contribution in [2.75, 3.05) is 16.8 Å². The number of halogens is 3. The zero-order valence-corrected chi connectivity index (χ0v) is 15.4. The number of nitrogens with zero attached hydrogens (tertiary/aromatic N) is 1. The van der Waals surface area contributed by atoms with Crippen LogP contribution < -0.4 is 10.2 Å². The lowest BCUT2D eigenvalue weighted by Gasteiger charge is -2.24. The molecule has 2 amide bonds. The van der Waals surface area contributed by atoms with Crippen LogP contribution in [-0.2, 0) is 15.8 Å². The maximum atomic E-state index is 13.2. The fourth-order valence-electron chi connectivity index (χ4n) is 2.78. The van der Waals surface area contributed by atoms with Gasteiger partial charge in [0, 0.05) is 25.6 Å². The van der Waals surface area contributed by atoms with E-state index in [1.54, 1.807) is 6.07 Å². The highest BCUT2D eigenvalue weighted by Gasteiger charge is 2.35. The number of carbonyl (C=O) groups excluding carboxylic acids is 2. The van der Waals surface area contributed by atoms with Crippen LogP contribution in [-0.4, -0.2) is 18.4 Å². The number of para-hydroxylation sites is 1. The number of carbonyl (C=O) groups is 2. The predicted octanol–water partition coefficient (Wildman–Crippen LogP) is 4.70. The summed E-state index contributed by atoms with van der Waals surface area (Å²) in [5.74, 6) is -0.941. The highest BCUT2D eigenvalue weighted by Crippen LogP contribution is 2.36. The number of amides is 2. The summed E-state index contributed by atoms with van der Waals surface area (Å²) in [7, 11) is 0. The summed E-state index contributed by atoms with van der Waals surface area (Å²) in [4.78, 5) is 25.1. The van der Waals surface area contributed by atoms with Gasteiger partial charge < -0.3 is 10.2 Å². The van der Waals surface area contributed by atoms with Gasteiger partial charge in [-0.1, -0.05) is 29.8 Å². The Bertz CT molecular complexity index is 847. The number of alkyl halides is 3. The van der Waals surface area contributed by atoms with Crippen LogP contribution in [0.3, 0.4) is 0 Å². The number of rotatable bonds is 5. The van der Waals surface area contributed by atoms with E-state index in [4.69, 9.17) is 0 Å². The smallest absolute Gasteiger partial charge is 0.326 e. The van der Waals surface area contributed by atoms with Gasteiger partial charge in [-0.15, -0.1) is 0 Å². The lowest BCUT2D eigenvalue weighted by molar-refractivity contribution is -0.137. The molecule has 144 valence electrons. The summed E-state index contributed by atoms with van der Waals surface area (Å²) in [6.07, 6.45) is -4.72. The molecule has 0 aliphatic heterocycles. The van der Waals surface area contributed by atoms with Crippen molar-refractivity contribution in [3.8, 4) is 0 Å². The first-order chi connectivity index (χ1) is 12.6. The average molecular weight is 378 g/mol. The molecule has 0 fully saturated rings. The largest absolute Gasteiger partial charge is 0.418 e. The van der Waals surface area contributed by atoms with Gasteiger partial charge in [-0.3, -0.25) is 9.59 Å². The van der Waals surface area contributed by atoms with E-state index in [1.807, 2.05) is 26.0 Å². The van der Waals surface area contributed by atoms with Crippen molar-refractivity contribution >= 4 is 23.2 Å². The maximum Gasteiger partial charge on any atom is 0.418 e. The molecule has 4 nitrogen and oxygen atoms in total. The van der Waals surface area contributed by atoms with E-state index >= 15 is 0 Å². The van der Waals surface area contributed by atoms with Gasteiger partial charge in [-0.25, -0.2) is 0 Å². The molecule has 7 heteroatoms. The van der Waals surface area contributed by atoms with Crippen LogP contribution in [0.15, 0.2) is 42.5 Å². The van der Waals surface area contributed by atoms with Crippen molar-refractivity contribution < 1.29 is 22.8 Å². The third-order valence-corrected chi connectivity index (χ3v) is 4.10. The highest BCUT2D eigenvalue weighted by molar-refractivity contribution is 5.95. The number of nitrogens with one attached hydrogen (secondary N) is 1. The molecule has 2 rings (SSSR count). The maximum absolute atomic E-state index is 13.2. The van der Waals surface area contributed by atoms with Crippen LogP contribution >= 0.6 is 0 Å². The molecular weight excluding hydrogens is 357 g/mol. The first-order valence-corrected chi connectivity index (χ1v) is 8.41. The second kappa shape index (κ2) is 8.24. The number of anilines is 2. The normalized spacial score (nSPS) is 11.2. The van der Waals surface area contributed by atoms with Crippen LogP contribution in [0, 0.1) is 13.8 Å². The Morgan fingerprint density at radius 1 is 1.07 bits per heavy atom. The van der Waals surface area contributed by atoms with Crippen molar-refractivity contribution in [3.05, 3.63) is 59.2 Å². The fraction of sp³-hybridized carbons (Fsp3) is 0.300. The summed E-state index contributed by atoms with van der Waals surface area (Å²) in [6, 6.07) is 10.4. The monoisotopic (exact) mass is 378 g/mol. The van der Waals surface area contributed by atoms with Gasteiger partial charge in [-0.2, -0.15) is 13.2 Å². The van der Waals surface area contributed by atoms with Crippen molar-refractivity contribution in [2.45, 2.75) is 33.4 Å². The minimum absolute atomic E-state index is 0.126. The van der Waals surface area contributed by atoms with E-state index in [0.717, 1.165) is 22.1 Å². The van der Waals surface area contributed by atoms with Crippen LogP contribution in [0.1, 0.15) is 30.0 Å². The Kier molecular flexibility index (Phi) is 6.25. The number of aryl methyl sites for hydroxylation is 2. The summed E-state index contributed by atoms with van der Waals surface area (Å²) < 4.78 is 39.7. The first kappa shape index (κ1) is 20.5. The number of hydrogen-bond donors (Lipinski definition) is 1. The van der Waals surface area contributed by atoms with Crippen molar-refractivity contribution in [1.29, 1.82) is 0 Å². The van der Waals surface area contributed by atoms with Gasteiger partial charge in [0.25, 0.3) is 0 Å². The molecule has 0 radical (unpaired) electrons. The molecule has 0 heterocycles. The third-order valence-electron chi connectivity index (χ3n) is 4.10. The van der Waals surface area contributed by atoms with Crippen molar-refractivity contribution in [1.82, 2.24) is 0 Å². The van der Waals surface area contributed by atoms with Gasteiger partial charge in [0.1, 0.15) is 0 Å². The predicted molar refractivity (Wildman–Crippen MR) is 98.6 cm³/mol. The molecule has 0 aliphatic rings. The van der Waals surface area contributed by atoms with E-state index in [1.165, 1.54) is 25.1 Å². The lowest BCUT2D eigenvalue weighted by Crippen LogP contribution is -2.33. The molecule has 27 heavy (non-hydrogen) atoms. The van der Waals surface area contributed by atoms with Gasteiger partial charge in [0.05, 0.1) is 11.3 Å².